The zero-order valence-corrected chi connectivity index (χ0v) is 17.1. The van der Waals surface area contributed by atoms with Crippen LogP contribution < -0.4 is 0 Å². The topological polar surface area (TPSA) is 20.2 Å². The maximum Gasteiger partial charge on any atom is 0.120 e. The Kier molecular flexibility index (Phi) is 6.92. The van der Waals surface area contributed by atoms with Gasteiger partial charge in [-0.15, -0.1) is 0 Å². The second-order valence-corrected chi connectivity index (χ2v) is 7.16. The number of benzene rings is 3. The summed E-state index contributed by atoms with van der Waals surface area (Å²) in [5, 5.41) is 10.1. The molecule has 0 radical (unpaired) electrons. The molecule has 30 heavy (non-hydrogen) atoms. The van der Waals surface area contributed by atoms with Gasteiger partial charge in [0.1, 0.15) is 5.60 Å². The van der Waals surface area contributed by atoms with Crippen molar-refractivity contribution in [1.82, 2.24) is 0 Å². The summed E-state index contributed by atoms with van der Waals surface area (Å²) in [5.41, 5.74) is 2.91. The fourth-order valence-electron chi connectivity index (χ4n) is 2.57. The monoisotopic (exact) mass is 386 g/mol. The molecule has 0 aliphatic heterocycles. The van der Waals surface area contributed by atoms with Crippen molar-refractivity contribution in [3.8, 4) is 35.5 Å². The van der Waals surface area contributed by atoms with Crippen LogP contribution in [0.15, 0.2) is 96.6 Å². The Morgan fingerprint density at radius 3 is 1.50 bits per heavy atom. The van der Waals surface area contributed by atoms with Crippen molar-refractivity contribution in [2.45, 2.75) is 19.4 Å². The number of rotatable bonds is 1. The van der Waals surface area contributed by atoms with Crippen molar-refractivity contribution in [3.63, 3.8) is 0 Å². The molecule has 3 rings (SSSR count). The van der Waals surface area contributed by atoms with Crippen LogP contribution in [0.25, 0.3) is 5.57 Å². The Bertz CT molecular complexity index is 1130. The maximum atomic E-state index is 10.1. The number of hydrogen-bond donors (Lipinski definition) is 1. The molecule has 0 aliphatic carbocycles. The van der Waals surface area contributed by atoms with Crippen LogP contribution in [0.3, 0.4) is 0 Å². The van der Waals surface area contributed by atoms with Crippen LogP contribution in [0, 0.1) is 35.5 Å². The molecule has 0 unspecified atom stereocenters. The van der Waals surface area contributed by atoms with Crippen molar-refractivity contribution >= 4 is 5.57 Å². The number of aliphatic hydroxyl groups is 1. The van der Waals surface area contributed by atoms with E-state index in [0.29, 0.717) is 11.1 Å². The van der Waals surface area contributed by atoms with E-state index in [9.17, 15) is 5.11 Å². The molecular formula is C29H22O. The largest absolute Gasteiger partial charge is 0.378 e. The molecule has 0 aliphatic rings. The average Bonchev–Trinajstić information content (AvgIpc) is 2.76. The minimum absolute atomic E-state index is 0.616. The van der Waals surface area contributed by atoms with Crippen LogP contribution in [-0.4, -0.2) is 10.7 Å². The highest BCUT2D eigenvalue weighted by molar-refractivity contribution is 5.87. The van der Waals surface area contributed by atoms with Crippen molar-refractivity contribution in [1.29, 1.82) is 0 Å². The molecule has 1 N–H and O–H groups in total. The Morgan fingerprint density at radius 1 is 0.633 bits per heavy atom. The highest BCUT2D eigenvalue weighted by Crippen LogP contribution is 2.19. The lowest BCUT2D eigenvalue weighted by atomic mass is 9.98. The van der Waals surface area contributed by atoms with Gasteiger partial charge in [0.2, 0.25) is 0 Å². The minimum atomic E-state index is -1.12. The summed E-state index contributed by atoms with van der Waals surface area (Å²) >= 11 is 0. The van der Waals surface area contributed by atoms with Crippen molar-refractivity contribution in [2.75, 3.05) is 0 Å². The first-order valence-electron chi connectivity index (χ1n) is 9.71. The van der Waals surface area contributed by atoms with Crippen molar-refractivity contribution in [2.24, 2.45) is 0 Å². The number of hydrogen-bond acceptors (Lipinski definition) is 1. The van der Waals surface area contributed by atoms with Gasteiger partial charge >= 0.3 is 0 Å². The van der Waals surface area contributed by atoms with E-state index in [2.05, 4.69) is 35.5 Å². The zero-order valence-electron chi connectivity index (χ0n) is 17.1. The Labute approximate surface area is 179 Å². The number of allylic oxidation sites excluding steroid dienone is 2. The molecule has 0 atom stereocenters. The van der Waals surface area contributed by atoms with Crippen LogP contribution in [0.4, 0.5) is 0 Å². The summed E-state index contributed by atoms with van der Waals surface area (Å²) in [6, 6.07) is 29.4. The fraction of sp³-hybridized carbons (Fsp3) is 0.103. The van der Waals surface area contributed by atoms with Crippen molar-refractivity contribution < 1.29 is 5.11 Å². The standard InChI is InChI=1S/C29H22O/c1-29(2,30)23-22-28(26-16-10-5-11-17-26)27(20-18-24-12-6-3-7-13-24)21-19-25-14-8-4-9-15-25/h3-17,30H,1-2H3. The molecule has 0 aromatic heterocycles. The van der Waals surface area contributed by atoms with E-state index in [-0.39, 0.29) is 0 Å². The summed E-state index contributed by atoms with van der Waals surface area (Å²) in [7, 11) is 0. The normalized spacial score (nSPS) is 9.70. The van der Waals surface area contributed by atoms with Crippen LogP contribution >= 0.6 is 0 Å². The lowest BCUT2D eigenvalue weighted by Crippen LogP contribution is -2.14. The third kappa shape index (κ3) is 6.58. The second-order valence-electron chi connectivity index (χ2n) is 7.16. The highest BCUT2D eigenvalue weighted by Gasteiger charge is 2.09. The molecule has 0 fully saturated rings. The van der Waals surface area contributed by atoms with E-state index in [0.717, 1.165) is 16.7 Å². The Morgan fingerprint density at radius 2 is 1.07 bits per heavy atom. The molecule has 1 heteroatoms. The smallest absolute Gasteiger partial charge is 0.120 e. The first-order valence-corrected chi connectivity index (χ1v) is 9.71. The fourth-order valence-corrected chi connectivity index (χ4v) is 2.57. The summed E-state index contributed by atoms with van der Waals surface area (Å²) in [6.45, 7) is 3.32. The highest BCUT2D eigenvalue weighted by atomic mass is 16.3. The summed E-state index contributed by atoms with van der Waals surface area (Å²) in [4.78, 5) is 0. The Balaban J connectivity index is 2.21. The lowest BCUT2D eigenvalue weighted by Gasteiger charge is -2.07. The summed E-state index contributed by atoms with van der Waals surface area (Å²) in [6.07, 6.45) is 0. The molecule has 0 heterocycles. The van der Waals surface area contributed by atoms with Gasteiger partial charge < -0.3 is 5.11 Å². The second kappa shape index (κ2) is 10.0. The molecule has 0 spiro atoms. The van der Waals surface area contributed by atoms with Gasteiger partial charge in [0, 0.05) is 11.1 Å². The molecule has 0 saturated carbocycles. The van der Waals surface area contributed by atoms with Crippen LogP contribution in [0.5, 0.6) is 0 Å². The van der Waals surface area contributed by atoms with E-state index < -0.39 is 5.60 Å². The zero-order chi connectivity index (χ0) is 21.2. The third-order valence-electron chi connectivity index (χ3n) is 4.02. The van der Waals surface area contributed by atoms with E-state index in [1.807, 2.05) is 91.0 Å². The van der Waals surface area contributed by atoms with Gasteiger partial charge in [0.05, 0.1) is 11.1 Å². The molecule has 3 aromatic carbocycles. The molecule has 144 valence electrons. The van der Waals surface area contributed by atoms with Gasteiger partial charge in [0.15, 0.2) is 0 Å². The molecule has 1 nitrogen and oxygen atoms in total. The quantitative estimate of drug-likeness (QED) is 0.562. The van der Waals surface area contributed by atoms with Gasteiger partial charge in [-0.25, -0.2) is 0 Å². The van der Waals surface area contributed by atoms with Gasteiger partial charge in [-0.2, -0.15) is 0 Å². The predicted octanol–water partition coefficient (Wildman–Crippen LogP) is 5.32. The summed E-state index contributed by atoms with van der Waals surface area (Å²) in [5.74, 6) is 18.8. The third-order valence-corrected chi connectivity index (χ3v) is 4.02. The van der Waals surface area contributed by atoms with E-state index in [1.54, 1.807) is 13.8 Å². The molecule has 0 amide bonds. The van der Waals surface area contributed by atoms with Gasteiger partial charge in [-0.05, 0) is 43.7 Å². The average molecular weight is 386 g/mol. The molecular weight excluding hydrogens is 364 g/mol. The predicted molar refractivity (Wildman–Crippen MR) is 124 cm³/mol. The molecule has 3 aromatic rings. The van der Waals surface area contributed by atoms with Gasteiger partial charge in [-0.3, -0.25) is 0 Å². The molecule has 0 bridgehead atoms. The lowest BCUT2D eigenvalue weighted by molar-refractivity contribution is 0.143. The van der Waals surface area contributed by atoms with E-state index in [1.165, 1.54) is 0 Å². The van der Waals surface area contributed by atoms with Crippen LogP contribution in [-0.2, 0) is 0 Å². The first kappa shape index (κ1) is 20.8. The maximum absolute atomic E-state index is 10.1. The molecule has 0 saturated heterocycles. The van der Waals surface area contributed by atoms with E-state index >= 15 is 0 Å². The SMILES string of the molecule is CC(C)(O)C#CC(=C(C#Cc1ccccc1)C#Cc1ccccc1)c1ccccc1. The van der Waals surface area contributed by atoms with Gasteiger partial charge in [-0.1, -0.05) is 102 Å². The van der Waals surface area contributed by atoms with E-state index in [4.69, 9.17) is 0 Å². The van der Waals surface area contributed by atoms with Gasteiger partial charge in [0.25, 0.3) is 0 Å². The summed E-state index contributed by atoms with van der Waals surface area (Å²) < 4.78 is 0. The minimum Gasteiger partial charge on any atom is -0.378 e. The Hall–Kier alpha value is -3.96. The first-order chi connectivity index (χ1) is 14.5. The van der Waals surface area contributed by atoms with Crippen LogP contribution in [0.2, 0.25) is 0 Å². The van der Waals surface area contributed by atoms with Crippen LogP contribution in [0.1, 0.15) is 30.5 Å². The van der Waals surface area contributed by atoms with Crippen molar-refractivity contribution in [3.05, 3.63) is 113 Å².